The van der Waals surface area contributed by atoms with Gasteiger partial charge in [0.2, 0.25) is 0 Å². The molecule has 1 heterocycles. The molecule has 0 amide bonds. The lowest BCUT2D eigenvalue weighted by Crippen LogP contribution is -1.98. The summed E-state index contributed by atoms with van der Waals surface area (Å²) in [4.78, 5) is 4.85. The van der Waals surface area contributed by atoms with Crippen molar-refractivity contribution in [3.63, 3.8) is 0 Å². The number of nitrogens with zero attached hydrogens (tertiary/aromatic N) is 2. The number of para-hydroxylation sites is 2. The Morgan fingerprint density at radius 1 is 0.885 bits per heavy atom. The van der Waals surface area contributed by atoms with Crippen molar-refractivity contribution < 1.29 is 4.74 Å². The van der Waals surface area contributed by atoms with Crippen molar-refractivity contribution in [2.45, 2.75) is 6.54 Å². The molecule has 4 rings (SSSR count). The van der Waals surface area contributed by atoms with Gasteiger partial charge in [-0.2, -0.15) is 0 Å². The van der Waals surface area contributed by atoms with Crippen LogP contribution in [0.2, 0.25) is 0 Å². The van der Waals surface area contributed by atoms with Crippen molar-refractivity contribution in [2.24, 2.45) is 0 Å². The molecule has 0 aliphatic carbocycles. The summed E-state index contributed by atoms with van der Waals surface area (Å²) < 4.78 is 7.52. The van der Waals surface area contributed by atoms with Gasteiger partial charge in [-0.3, -0.25) is 0 Å². The minimum Gasteiger partial charge on any atom is -0.497 e. The maximum Gasteiger partial charge on any atom is 0.141 e. The van der Waals surface area contributed by atoms with E-state index >= 15 is 0 Å². The van der Waals surface area contributed by atoms with Crippen LogP contribution in [-0.4, -0.2) is 16.7 Å². The van der Waals surface area contributed by atoms with Crippen molar-refractivity contribution in [1.29, 1.82) is 0 Å². The molecule has 1 aromatic heterocycles. The van der Waals surface area contributed by atoms with E-state index in [-0.39, 0.29) is 0 Å². The second-order valence-corrected chi connectivity index (χ2v) is 6.08. The van der Waals surface area contributed by atoms with Gasteiger partial charge in [-0.25, -0.2) is 4.98 Å². The highest BCUT2D eigenvalue weighted by molar-refractivity contribution is 5.80. The van der Waals surface area contributed by atoms with Crippen LogP contribution in [0.4, 0.5) is 0 Å². The summed E-state index contributed by atoms with van der Waals surface area (Å²) in [7, 11) is 1.68. The number of benzene rings is 3. The second kappa shape index (κ2) is 7.28. The standard InChI is InChI=1S/C23H20N2O/c1-26-20-15-13-19(14-16-20)23-24-21-11-5-6-12-22(21)25(23)17-7-10-18-8-3-2-4-9-18/h2-16H,17H2,1H3/b10-7+. The number of hydrogen-bond acceptors (Lipinski definition) is 2. The Labute approximate surface area is 153 Å². The summed E-state index contributed by atoms with van der Waals surface area (Å²) in [6.45, 7) is 0.761. The quantitative estimate of drug-likeness (QED) is 0.485. The summed E-state index contributed by atoms with van der Waals surface area (Å²) in [5.41, 5.74) is 4.42. The van der Waals surface area contributed by atoms with Crippen LogP contribution in [0, 0.1) is 0 Å². The molecule has 0 atom stereocenters. The number of aromatic nitrogens is 2. The van der Waals surface area contributed by atoms with Gasteiger partial charge in [-0.15, -0.1) is 0 Å². The van der Waals surface area contributed by atoms with Gasteiger partial charge in [0.15, 0.2) is 0 Å². The largest absolute Gasteiger partial charge is 0.497 e. The van der Waals surface area contributed by atoms with Crippen LogP contribution >= 0.6 is 0 Å². The molecule has 4 aromatic rings. The molecule has 0 fully saturated rings. The average Bonchev–Trinajstić information content (AvgIpc) is 3.08. The molecule has 3 heteroatoms. The van der Waals surface area contributed by atoms with Gasteiger partial charge < -0.3 is 9.30 Å². The number of imidazole rings is 1. The summed E-state index contributed by atoms with van der Waals surface area (Å²) in [5, 5.41) is 0. The Morgan fingerprint density at radius 3 is 2.38 bits per heavy atom. The topological polar surface area (TPSA) is 27.1 Å². The summed E-state index contributed by atoms with van der Waals surface area (Å²) >= 11 is 0. The summed E-state index contributed by atoms with van der Waals surface area (Å²) in [6.07, 6.45) is 4.32. The van der Waals surface area contributed by atoms with Crippen molar-refractivity contribution >= 4 is 17.1 Å². The SMILES string of the molecule is COc1ccc(-c2nc3ccccc3n2C/C=C/c2ccccc2)cc1. The minimum absolute atomic E-state index is 0.761. The highest BCUT2D eigenvalue weighted by atomic mass is 16.5. The van der Waals surface area contributed by atoms with E-state index < -0.39 is 0 Å². The van der Waals surface area contributed by atoms with Crippen molar-refractivity contribution in [1.82, 2.24) is 9.55 Å². The molecule has 3 nitrogen and oxygen atoms in total. The molecule has 0 spiro atoms. The van der Waals surface area contributed by atoms with E-state index in [1.54, 1.807) is 7.11 Å². The molecule has 0 N–H and O–H groups in total. The van der Waals surface area contributed by atoms with E-state index in [1.807, 2.05) is 24.3 Å². The van der Waals surface area contributed by atoms with Crippen LogP contribution in [0.15, 0.2) is 84.9 Å². The maximum atomic E-state index is 5.27. The van der Waals surface area contributed by atoms with E-state index in [4.69, 9.17) is 9.72 Å². The zero-order chi connectivity index (χ0) is 17.8. The van der Waals surface area contributed by atoms with Crippen molar-refractivity contribution in [2.75, 3.05) is 7.11 Å². The molecule has 0 aliphatic heterocycles. The van der Waals surface area contributed by atoms with Gasteiger partial charge in [0.25, 0.3) is 0 Å². The Kier molecular flexibility index (Phi) is 4.52. The third-order valence-corrected chi connectivity index (χ3v) is 4.40. The van der Waals surface area contributed by atoms with Gasteiger partial charge in [0.1, 0.15) is 11.6 Å². The number of methoxy groups -OCH3 is 1. The van der Waals surface area contributed by atoms with Crippen LogP contribution in [0.5, 0.6) is 5.75 Å². The predicted octanol–water partition coefficient (Wildman–Crippen LogP) is 5.43. The number of hydrogen-bond donors (Lipinski definition) is 0. The molecule has 0 radical (unpaired) electrons. The third-order valence-electron chi connectivity index (χ3n) is 4.40. The zero-order valence-electron chi connectivity index (χ0n) is 14.7. The number of ether oxygens (including phenoxy) is 1. The molecular formula is C23H20N2O. The van der Waals surface area contributed by atoms with Gasteiger partial charge in [0.05, 0.1) is 18.1 Å². The van der Waals surface area contributed by atoms with Gasteiger partial charge in [-0.1, -0.05) is 54.6 Å². The minimum atomic E-state index is 0.761. The van der Waals surface area contributed by atoms with Crippen LogP contribution < -0.4 is 4.74 Å². The number of rotatable bonds is 5. The monoisotopic (exact) mass is 340 g/mol. The normalized spacial score (nSPS) is 11.3. The molecule has 0 bridgehead atoms. The van der Waals surface area contributed by atoms with E-state index in [9.17, 15) is 0 Å². The Hall–Kier alpha value is -3.33. The molecule has 26 heavy (non-hydrogen) atoms. The first-order valence-corrected chi connectivity index (χ1v) is 8.66. The fraction of sp³-hybridized carbons (Fsp3) is 0.0870. The van der Waals surface area contributed by atoms with E-state index in [1.165, 1.54) is 5.56 Å². The molecule has 0 saturated carbocycles. The molecule has 0 saturated heterocycles. The zero-order valence-corrected chi connectivity index (χ0v) is 14.7. The van der Waals surface area contributed by atoms with E-state index in [0.29, 0.717) is 0 Å². The first-order chi connectivity index (χ1) is 12.8. The number of allylic oxidation sites excluding steroid dienone is 1. The highest BCUT2D eigenvalue weighted by Gasteiger charge is 2.11. The van der Waals surface area contributed by atoms with Crippen LogP contribution in [0.3, 0.4) is 0 Å². The second-order valence-electron chi connectivity index (χ2n) is 6.08. The Morgan fingerprint density at radius 2 is 1.62 bits per heavy atom. The van der Waals surface area contributed by atoms with Gasteiger partial charge in [-0.05, 0) is 42.0 Å². The molecule has 128 valence electrons. The molecule has 0 aliphatic rings. The Bertz CT molecular complexity index is 1030. The first-order valence-electron chi connectivity index (χ1n) is 8.66. The average molecular weight is 340 g/mol. The summed E-state index contributed by atoms with van der Waals surface area (Å²) in [5.74, 6) is 1.81. The lowest BCUT2D eigenvalue weighted by atomic mass is 10.2. The smallest absolute Gasteiger partial charge is 0.141 e. The fourth-order valence-corrected chi connectivity index (χ4v) is 3.08. The fourth-order valence-electron chi connectivity index (χ4n) is 3.08. The maximum absolute atomic E-state index is 5.27. The Balaban J connectivity index is 1.72. The van der Waals surface area contributed by atoms with Crippen molar-refractivity contribution in [3.8, 4) is 17.1 Å². The van der Waals surface area contributed by atoms with Crippen LogP contribution in [0.1, 0.15) is 5.56 Å². The van der Waals surface area contributed by atoms with Crippen molar-refractivity contribution in [3.05, 3.63) is 90.5 Å². The summed E-state index contributed by atoms with van der Waals surface area (Å²) in [6, 6.07) is 26.6. The van der Waals surface area contributed by atoms with Crippen LogP contribution in [0.25, 0.3) is 28.5 Å². The highest BCUT2D eigenvalue weighted by Crippen LogP contribution is 2.26. The van der Waals surface area contributed by atoms with Gasteiger partial charge in [0, 0.05) is 12.1 Å². The molecule has 0 unspecified atom stereocenters. The number of fused-ring (bicyclic) bond motifs is 1. The first kappa shape index (κ1) is 16.2. The third kappa shape index (κ3) is 3.24. The van der Waals surface area contributed by atoms with Gasteiger partial charge >= 0.3 is 0 Å². The lowest BCUT2D eigenvalue weighted by molar-refractivity contribution is 0.415. The van der Waals surface area contributed by atoms with Crippen LogP contribution in [-0.2, 0) is 6.54 Å². The lowest BCUT2D eigenvalue weighted by Gasteiger charge is -2.07. The molecular weight excluding hydrogens is 320 g/mol. The molecule has 3 aromatic carbocycles. The van der Waals surface area contributed by atoms with E-state index in [2.05, 4.69) is 71.3 Å². The predicted molar refractivity (Wildman–Crippen MR) is 107 cm³/mol. The van der Waals surface area contributed by atoms with E-state index in [0.717, 1.165) is 34.7 Å².